The molecule has 5 nitrogen and oxygen atoms in total. The number of hydrogen-bond donors (Lipinski definition) is 1. The molecule has 0 aromatic heterocycles. The van der Waals surface area contributed by atoms with E-state index < -0.39 is 0 Å². The lowest BCUT2D eigenvalue weighted by atomic mass is 10.2. The molecule has 2 aromatic carbocycles. The minimum absolute atomic E-state index is 0.0204. The van der Waals surface area contributed by atoms with Crippen molar-refractivity contribution < 1.29 is 9.59 Å². The summed E-state index contributed by atoms with van der Waals surface area (Å²) in [6, 6.07) is 17.2. The van der Waals surface area contributed by atoms with E-state index >= 15 is 0 Å². The van der Waals surface area contributed by atoms with E-state index in [1.165, 1.54) is 0 Å². The van der Waals surface area contributed by atoms with E-state index in [-0.39, 0.29) is 24.4 Å². The minimum Gasteiger partial charge on any atom is -0.337 e. The predicted molar refractivity (Wildman–Crippen MR) is 109 cm³/mol. The number of carbonyl (C=O) groups is 2. The molecule has 0 radical (unpaired) electrons. The van der Waals surface area contributed by atoms with Crippen LogP contribution in [0.1, 0.15) is 25.0 Å². The third kappa shape index (κ3) is 6.22. The summed E-state index contributed by atoms with van der Waals surface area (Å²) in [5.41, 5.74) is 3.00. The average Bonchev–Trinajstić information content (AvgIpc) is 2.67. The van der Waals surface area contributed by atoms with Crippen molar-refractivity contribution in [3.8, 4) is 0 Å². The zero-order chi connectivity index (χ0) is 19.8. The van der Waals surface area contributed by atoms with E-state index in [0.717, 1.165) is 16.8 Å². The van der Waals surface area contributed by atoms with Gasteiger partial charge in [0, 0.05) is 18.8 Å². The Hall–Kier alpha value is -2.66. The number of rotatable bonds is 8. The summed E-state index contributed by atoms with van der Waals surface area (Å²) >= 11 is 0. The number of hydrogen-bond acceptors (Lipinski definition) is 3. The molecule has 0 aliphatic rings. The molecule has 1 atom stereocenters. The molecule has 0 heterocycles. The molecule has 0 saturated carbocycles. The van der Waals surface area contributed by atoms with Gasteiger partial charge in [-0.05, 0) is 45.5 Å². The van der Waals surface area contributed by atoms with Crippen LogP contribution in [-0.4, -0.2) is 47.8 Å². The Balaban J connectivity index is 1.91. The van der Waals surface area contributed by atoms with Crippen LogP contribution in [0.5, 0.6) is 0 Å². The second-order valence-corrected chi connectivity index (χ2v) is 6.84. The molecule has 0 spiro atoms. The van der Waals surface area contributed by atoms with Crippen molar-refractivity contribution in [3.63, 3.8) is 0 Å². The number of nitrogens with one attached hydrogen (secondary N) is 1. The van der Waals surface area contributed by atoms with Crippen LogP contribution in [0.4, 0.5) is 5.69 Å². The lowest BCUT2D eigenvalue weighted by Crippen LogP contribution is -2.47. The van der Waals surface area contributed by atoms with Gasteiger partial charge >= 0.3 is 0 Å². The molecule has 5 heteroatoms. The number of aryl methyl sites for hydroxylation is 1. The summed E-state index contributed by atoms with van der Waals surface area (Å²) in [5, 5.41) is 2.87. The van der Waals surface area contributed by atoms with E-state index in [0.29, 0.717) is 13.1 Å². The SMILES string of the molecule is CCN(Cc1ccccc1)C(=O)[C@H](C)N(C)CC(=O)Nc1ccc(C)cc1. The first-order chi connectivity index (χ1) is 12.9. The number of benzene rings is 2. The molecule has 1 N–H and O–H groups in total. The standard InChI is InChI=1S/C22H29N3O2/c1-5-25(15-19-9-7-6-8-10-19)22(27)18(3)24(4)16-21(26)23-20-13-11-17(2)12-14-20/h6-14,18H,5,15-16H2,1-4H3,(H,23,26)/t18-/m0/s1. The van der Waals surface area contributed by atoms with Gasteiger partial charge in [0.25, 0.3) is 0 Å². The maximum Gasteiger partial charge on any atom is 0.239 e. The zero-order valence-electron chi connectivity index (χ0n) is 16.6. The van der Waals surface area contributed by atoms with Crippen molar-refractivity contribution >= 4 is 17.5 Å². The van der Waals surface area contributed by atoms with Crippen LogP contribution >= 0.6 is 0 Å². The van der Waals surface area contributed by atoms with E-state index in [4.69, 9.17) is 0 Å². The molecule has 0 saturated heterocycles. The van der Waals surface area contributed by atoms with E-state index in [1.54, 1.807) is 11.9 Å². The minimum atomic E-state index is -0.377. The Morgan fingerprint density at radius 3 is 2.26 bits per heavy atom. The monoisotopic (exact) mass is 367 g/mol. The number of nitrogens with zero attached hydrogens (tertiary/aromatic N) is 2. The molecular weight excluding hydrogens is 338 g/mol. The molecular formula is C22H29N3O2. The van der Waals surface area contributed by atoms with Crippen LogP contribution < -0.4 is 5.32 Å². The third-order valence-corrected chi connectivity index (χ3v) is 4.66. The van der Waals surface area contributed by atoms with Gasteiger partial charge in [0.2, 0.25) is 11.8 Å². The van der Waals surface area contributed by atoms with Crippen molar-refractivity contribution in [2.24, 2.45) is 0 Å². The van der Waals surface area contributed by atoms with Crippen LogP contribution in [0.25, 0.3) is 0 Å². The Morgan fingerprint density at radius 1 is 1.04 bits per heavy atom. The van der Waals surface area contributed by atoms with Crippen LogP contribution in [0.3, 0.4) is 0 Å². The summed E-state index contributed by atoms with van der Waals surface area (Å²) in [7, 11) is 1.80. The van der Waals surface area contributed by atoms with Gasteiger partial charge in [-0.1, -0.05) is 48.0 Å². The lowest BCUT2D eigenvalue weighted by Gasteiger charge is -2.29. The second kappa shape index (κ2) is 9.88. The van der Waals surface area contributed by atoms with Gasteiger partial charge in [-0.15, -0.1) is 0 Å². The van der Waals surface area contributed by atoms with Crippen LogP contribution in [0, 0.1) is 6.92 Å². The first kappa shape index (κ1) is 20.6. The molecule has 2 rings (SSSR count). The summed E-state index contributed by atoms with van der Waals surface area (Å²) in [5.74, 6) is -0.112. The van der Waals surface area contributed by atoms with Gasteiger partial charge < -0.3 is 10.2 Å². The molecule has 0 aliphatic heterocycles. The average molecular weight is 367 g/mol. The van der Waals surface area contributed by atoms with Gasteiger partial charge in [-0.3, -0.25) is 14.5 Å². The summed E-state index contributed by atoms with van der Waals surface area (Å²) in [4.78, 5) is 28.7. The van der Waals surface area contributed by atoms with E-state index in [2.05, 4.69) is 5.32 Å². The van der Waals surface area contributed by atoms with E-state index in [9.17, 15) is 9.59 Å². The first-order valence-corrected chi connectivity index (χ1v) is 9.30. The lowest BCUT2D eigenvalue weighted by molar-refractivity contribution is -0.136. The van der Waals surface area contributed by atoms with Crippen LogP contribution in [0.15, 0.2) is 54.6 Å². The maximum atomic E-state index is 12.8. The normalized spacial score (nSPS) is 11.9. The van der Waals surface area contributed by atoms with Gasteiger partial charge in [0.15, 0.2) is 0 Å². The largest absolute Gasteiger partial charge is 0.337 e. The number of anilines is 1. The highest BCUT2D eigenvalue weighted by molar-refractivity contribution is 5.92. The second-order valence-electron chi connectivity index (χ2n) is 6.84. The summed E-state index contributed by atoms with van der Waals surface area (Å²) < 4.78 is 0. The molecule has 0 aliphatic carbocycles. The Kier molecular flexibility index (Phi) is 7.55. The van der Waals surface area contributed by atoms with Crippen molar-refractivity contribution in [1.82, 2.24) is 9.80 Å². The summed E-state index contributed by atoms with van der Waals surface area (Å²) in [6.45, 7) is 7.17. The number of likely N-dealkylation sites (N-methyl/N-ethyl adjacent to an activating group) is 2. The van der Waals surface area contributed by atoms with Crippen molar-refractivity contribution in [3.05, 3.63) is 65.7 Å². The first-order valence-electron chi connectivity index (χ1n) is 9.30. The highest BCUT2D eigenvalue weighted by atomic mass is 16.2. The highest BCUT2D eigenvalue weighted by Crippen LogP contribution is 2.10. The fraction of sp³-hybridized carbons (Fsp3) is 0.364. The van der Waals surface area contributed by atoms with Gasteiger partial charge in [0.05, 0.1) is 12.6 Å². The Morgan fingerprint density at radius 2 is 1.67 bits per heavy atom. The molecule has 2 amide bonds. The molecule has 0 bridgehead atoms. The molecule has 27 heavy (non-hydrogen) atoms. The quantitative estimate of drug-likeness (QED) is 0.779. The van der Waals surface area contributed by atoms with Crippen molar-refractivity contribution in [1.29, 1.82) is 0 Å². The molecule has 2 aromatic rings. The summed E-state index contributed by atoms with van der Waals surface area (Å²) in [6.07, 6.45) is 0. The smallest absolute Gasteiger partial charge is 0.239 e. The molecule has 0 unspecified atom stereocenters. The van der Waals surface area contributed by atoms with Gasteiger partial charge in [-0.25, -0.2) is 0 Å². The number of amides is 2. The number of carbonyl (C=O) groups excluding carboxylic acids is 2. The Bertz CT molecular complexity index is 744. The topological polar surface area (TPSA) is 52.7 Å². The van der Waals surface area contributed by atoms with Crippen LogP contribution in [-0.2, 0) is 16.1 Å². The van der Waals surface area contributed by atoms with Gasteiger partial charge in [0.1, 0.15) is 0 Å². The molecule has 0 fully saturated rings. The maximum absolute atomic E-state index is 12.8. The fourth-order valence-electron chi connectivity index (χ4n) is 2.80. The predicted octanol–water partition coefficient (Wildman–Crippen LogP) is 3.30. The van der Waals surface area contributed by atoms with Crippen molar-refractivity contribution in [2.75, 3.05) is 25.5 Å². The van der Waals surface area contributed by atoms with Crippen LogP contribution in [0.2, 0.25) is 0 Å². The highest BCUT2D eigenvalue weighted by Gasteiger charge is 2.24. The zero-order valence-corrected chi connectivity index (χ0v) is 16.6. The van der Waals surface area contributed by atoms with Crippen molar-refractivity contribution in [2.45, 2.75) is 33.4 Å². The third-order valence-electron chi connectivity index (χ3n) is 4.66. The fourth-order valence-corrected chi connectivity index (χ4v) is 2.80. The van der Waals surface area contributed by atoms with Gasteiger partial charge in [-0.2, -0.15) is 0 Å². The molecule has 144 valence electrons. The van der Waals surface area contributed by atoms with E-state index in [1.807, 2.05) is 80.3 Å². The Labute approximate surface area is 162 Å².